The smallest absolute Gasteiger partial charge is 0.119 e. The highest BCUT2D eigenvalue weighted by Crippen LogP contribution is 2.45. The van der Waals surface area contributed by atoms with Gasteiger partial charge in [0.1, 0.15) is 5.60 Å². The van der Waals surface area contributed by atoms with Gasteiger partial charge in [0.25, 0.3) is 0 Å². The van der Waals surface area contributed by atoms with Crippen LogP contribution in [-0.4, -0.2) is 30.0 Å². The molecule has 3 nitrogen and oxygen atoms in total. The zero-order valence-electron chi connectivity index (χ0n) is 19.6. The van der Waals surface area contributed by atoms with Crippen molar-refractivity contribution in [3.05, 3.63) is 107 Å². The molecule has 0 saturated heterocycles. The molecule has 1 aliphatic rings. The second-order valence-corrected chi connectivity index (χ2v) is 9.36. The molecule has 0 saturated carbocycles. The summed E-state index contributed by atoms with van der Waals surface area (Å²) in [4.78, 5) is 5.88. The molecule has 5 rings (SSSR count). The van der Waals surface area contributed by atoms with Gasteiger partial charge in [0.05, 0.1) is 6.61 Å². The molecule has 1 atom stereocenters. The van der Waals surface area contributed by atoms with E-state index in [0.717, 1.165) is 32.4 Å². The van der Waals surface area contributed by atoms with Crippen molar-refractivity contribution in [2.24, 2.45) is 0 Å². The zero-order valence-corrected chi connectivity index (χ0v) is 19.6. The van der Waals surface area contributed by atoms with Crippen LogP contribution in [0.1, 0.15) is 47.9 Å². The van der Waals surface area contributed by atoms with Crippen LogP contribution in [0.2, 0.25) is 0 Å². The Morgan fingerprint density at radius 1 is 0.848 bits per heavy atom. The minimum absolute atomic E-state index is 0.311. The molecule has 1 N–H and O–H groups in total. The van der Waals surface area contributed by atoms with E-state index in [4.69, 9.17) is 4.74 Å². The fourth-order valence-electron chi connectivity index (χ4n) is 5.36. The monoisotopic (exact) mass is 438 g/mol. The molecular formula is C30H34N2O. The Hall–Kier alpha value is -2.88. The number of hydrogen-bond acceptors (Lipinski definition) is 2. The lowest BCUT2D eigenvalue weighted by Gasteiger charge is -2.31. The van der Waals surface area contributed by atoms with Crippen LogP contribution in [0.25, 0.3) is 10.9 Å². The molecule has 0 spiro atoms. The lowest BCUT2D eigenvalue weighted by molar-refractivity contribution is -0.0142. The van der Waals surface area contributed by atoms with Gasteiger partial charge < -0.3 is 14.6 Å². The number of nitrogens with one attached hydrogen (secondary N) is 1. The van der Waals surface area contributed by atoms with E-state index < -0.39 is 0 Å². The molecule has 4 aromatic rings. The van der Waals surface area contributed by atoms with Crippen molar-refractivity contribution in [1.29, 1.82) is 0 Å². The van der Waals surface area contributed by atoms with Crippen LogP contribution in [0.15, 0.2) is 85.1 Å². The number of H-pyrrole nitrogens is 1. The summed E-state index contributed by atoms with van der Waals surface area (Å²) in [5.41, 5.74) is 6.32. The minimum atomic E-state index is -0.311. The van der Waals surface area contributed by atoms with Crippen LogP contribution >= 0.6 is 0 Å². The predicted octanol–water partition coefficient (Wildman–Crippen LogP) is 6.68. The summed E-state index contributed by atoms with van der Waals surface area (Å²) in [6.45, 7) is 2.93. The Morgan fingerprint density at radius 3 is 2.52 bits per heavy atom. The number of hydrogen-bond donors (Lipinski definition) is 1. The SMILES string of the molecule is CN(CCCCc1c[nH]c2ccccc12)CCCC1(c2ccccc2)OCc2ccccc21. The highest BCUT2D eigenvalue weighted by atomic mass is 16.5. The second-order valence-electron chi connectivity index (χ2n) is 9.36. The highest BCUT2D eigenvalue weighted by Gasteiger charge is 2.40. The Bertz CT molecular complexity index is 1180. The fourth-order valence-corrected chi connectivity index (χ4v) is 5.36. The van der Waals surface area contributed by atoms with Gasteiger partial charge in [-0.25, -0.2) is 0 Å². The van der Waals surface area contributed by atoms with E-state index in [1.165, 1.54) is 46.0 Å². The van der Waals surface area contributed by atoms with Crippen LogP contribution in [0.3, 0.4) is 0 Å². The number of benzene rings is 3. The number of aromatic amines is 1. The number of nitrogens with zero attached hydrogens (tertiary/aromatic N) is 1. The van der Waals surface area contributed by atoms with E-state index in [9.17, 15) is 0 Å². The average Bonchev–Trinajstić information content (AvgIpc) is 3.45. The molecule has 3 aromatic carbocycles. The summed E-state index contributed by atoms with van der Waals surface area (Å²) in [6.07, 6.45) is 7.88. The first-order valence-corrected chi connectivity index (χ1v) is 12.3. The largest absolute Gasteiger partial charge is 0.361 e. The maximum Gasteiger partial charge on any atom is 0.119 e. The predicted molar refractivity (Wildman–Crippen MR) is 136 cm³/mol. The first kappa shape index (κ1) is 21.9. The van der Waals surface area contributed by atoms with E-state index >= 15 is 0 Å². The first-order chi connectivity index (χ1) is 16.3. The molecule has 1 aliphatic heterocycles. The standard InChI is InChI=1S/C30H34N2O/c1-32(20-10-9-12-24-22-31-29-18-8-6-16-27(24)29)21-11-19-30(26-14-3-2-4-15-26)28-17-7-5-13-25(28)23-33-30/h2-8,13-18,22,31H,9-12,19-21,23H2,1H3. The molecule has 170 valence electrons. The summed E-state index contributed by atoms with van der Waals surface area (Å²) < 4.78 is 6.53. The Labute approximate surface area is 197 Å². The van der Waals surface area contributed by atoms with E-state index in [0.29, 0.717) is 6.61 Å². The van der Waals surface area contributed by atoms with Gasteiger partial charge in [0.15, 0.2) is 0 Å². The molecule has 0 radical (unpaired) electrons. The van der Waals surface area contributed by atoms with Crippen molar-refractivity contribution >= 4 is 10.9 Å². The number of ether oxygens (including phenoxy) is 1. The van der Waals surface area contributed by atoms with Crippen molar-refractivity contribution in [3.8, 4) is 0 Å². The van der Waals surface area contributed by atoms with Gasteiger partial charge >= 0.3 is 0 Å². The lowest BCUT2D eigenvalue weighted by Crippen LogP contribution is -2.29. The second kappa shape index (κ2) is 9.94. The molecule has 0 fully saturated rings. The van der Waals surface area contributed by atoms with Crippen molar-refractivity contribution in [1.82, 2.24) is 9.88 Å². The summed E-state index contributed by atoms with van der Waals surface area (Å²) in [7, 11) is 2.25. The summed E-state index contributed by atoms with van der Waals surface area (Å²) >= 11 is 0. The lowest BCUT2D eigenvalue weighted by atomic mass is 9.82. The molecule has 0 bridgehead atoms. The Morgan fingerprint density at radius 2 is 1.61 bits per heavy atom. The van der Waals surface area contributed by atoms with Crippen molar-refractivity contribution in [2.75, 3.05) is 20.1 Å². The van der Waals surface area contributed by atoms with Crippen molar-refractivity contribution in [3.63, 3.8) is 0 Å². The first-order valence-electron chi connectivity index (χ1n) is 12.3. The van der Waals surface area contributed by atoms with E-state index in [1.807, 2.05) is 0 Å². The maximum absolute atomic E-state index is 6.53. The quantitative estimate of drug-likeness (QED) is 0.280. The number of rotatable bonds is 10. The van der Waals surface area contributed by atoms with Gasteiger partial charge in [-0.2, -0.15) is 0 Å². The number of aryl methyl sites for hydroxylation is 1. The summed E-state index contributed by atoms with van der Waals surface area (Å²) in [5, 5.41) is 1.37. The molecule has 3 heteroatoms. The average molecular weight is 439 g/mol. The number of aromatic nitrogens is 1. The van der Waals surface area contributed by atoms with Crippen molar-refractivity contribution < 1.29 is 4.74 Å². The van der Waals surface area contributed by atoms with E-state index in [2.05, 4.69) is 102 Å². The van der Waals surface area contributed by atoms with Gasteiger partial charge in [0, 0.05) is 17.1 Å². The van der Waals surface area contributed by atoms with Gasteiger partial charge in [-0.15, -0.1) is 0 Å². The molecule has 2 heterocycles. The number of unbranched alkanes of at least 4 members (excludes halogenated alkanes) is 1. The zero-order chi connectivity index (χ0) is 22.5. The molecule has 1 unspecified atom stereocenters. The van der Waals surface area contributed by atoms with Crippen LogP contribution in [0, 0.1) is 0 Å². The third kappa shape index (κ3) is 4.62. The topological polar surface area (TPSA) is 28.3 Å². The van der Waals surface area contributed by atoms with E-state index in [-0.39, 0.29) is 5.60 Å². The third-order valence-corrected chi connectivity index (χ3v) is 7.15. The van der Waals surface area contributed by atoms with Gasteiger partial charge in [0.2, 0.25) is 0 Å². The van der Waals surface area contributed by atoms with Crippen LogP contribution in [0.4, 0.5) is 0 Å². The van der Waals surface area contributed by atoms with Crippen LogP contribution in [0.5, 0.6) is 0 Å². The highest BCUT2D eigenvalue weighted by molar-refractivity contribution is 5.82. The normalized spacial score (nSPS) is 17.6. The maximum atomic E-state index is 6.53. The Kier molecular flexibility index (Phi) is 6.61. The van der Waals surface area contributed by atoms with Gasteiger partial charge in [-0.3, -0.25) is 0 Å². The van der Waals surface area contributed by atoms with Crippen molar-refractivity contribution in [2.45, 2.75) is 44.3 Å². The molecule has 0 amide bonds. The minimum Gasteiger partial charge on any atom is -0.361 e. The van der Waals surface area contributed by atoms with Crippen LogP contribution in [-0.2, 0) is 23.4 Å². The fraction of sp³-hybridized carbons (Fsp3) is 0.333. The molecular weight excluding hydrogens is 404 g/mol. The number of para-hydroxylation sites is 1. The molecule has 1 aromatic heterocycles. The van der Waals surface area contributed by atoms with E-state index in [1.54, 1.807) is 0 Å². The molecule has 33 heavy (non-hydrogen) atoms. The summed E-state index contributed by atoms with van der Waals surface area (Å²) in [5.74, 6) is 0. The van der Waals surface area contributed by atoms with Gasteiger partial charge in [-0.1, -0.05) is 72.8 Å². The Balaban J connectivity index is 1.14. The third-order valence-electron chi connectivity index (χ3n) is 7.15. The number of fused-ring (bicyclic) bond motifs is 2. The molecule has 0 aliphatic carbocycles. The van der Waals surface area contributed by atoms with Gasteiger partial charge in [-0.05, 0) is 80.6 Å². The van der Waals surface area contributed by atoms with Crippen LogP contribution < -0.4 is 0 Å². The summed E-state index contributed by atoms with van der Waals surface area (Å²) in [6, 6.07) is 28.1.